The van der Waals surface area contributed by atoms with Gasteiger partial charge in [0.1, 0.15) is 17.7 Å². The maximum Gasteiger partial charge on any atom is 0.155 e. The highest BCUT2D eigenvalue weighted by Crippen LogP contribution is 2.34. The largest absolute Gasteiger partial charge is 0.376 e. The molecule has 0 N–H and O–H groups in total. The quantitative estimate of drug-likeness (QED) is 0.774. The number of aryl methyl sites for hydroxylation is 1. The van der Waals surface area contributed by atoms with Crippen molar-refractivity contribution in [1.29, 1.82) is 0 Å². The fourth-order valence-corrected chi connectivity index (χ4v) is 4.33. The van der Waals surface area contributed by atoms with Crippen LogP contribution in [0.1, 0.15) is 36.9 Å². The molecule has 142 valence electrons. The topological polar surface area (TPSA) is 68.2 Å². The molecule has 0 saturated carbocycles. The second-order valence-electron chi connectivity index (χ2n) is 7.63. The van der Waals surface area contributed by atoms with E-state index < -0.39 is 0 Å². The van der Waals surface area contributed by atoms with E-state index in [1.165, 1.54) is 6.08 Å². The van der Waals surface area contributed by atoms with E-state index in [0.717, 1.165) is 67.1 Å². The van der Waals surface area contributed by atoms with Gasteiger partial charge in [-0.25, -0.2) is 15.0 Å². The number of aromatic nitrogens is 3. The first-order valence-electron chi connectivity index (χ1n) is 9.75. The molecule has 0 amide bonds. The Bertz CT molecular complexity index is 867. The van der Waals surface area contributed by atoms with Crippen LogP contribution in [-0.2, 0) is 16.1 Å². The number of carbonyl (C=O) groups is 1. The van der Waals surface area contributed by atoms with Crippen molar-refractivity contribution in [3.05, 3.63) is 36.3 Å². The minimum atomic E-state index is 0.136. The lowest BCUT2D eigenvalue weighted by atomic mass is 9.85. The summed E-state index contributed by atoms with van der Waals surface area (Å²) in [4.78, 5) is 27.7. The lowest BCUT2D eigenvalue weighted by molar-refractivity contribution is -0.115. The summed E-state index contributed by atoms with van der Waals surface area (Å²) in [5, 5.41) is 0. The lowest BCUT2D eigenvalue weighted by Crippen LogP contribution is -2.36. The van der Waals surface area contributed by atoms with E-state index in [4.69, 9.17) is 9.72 Å². The van der Waals surface area contributed by atoms with Crippen LogP contribution in [0.15, 0.2) is 25.0 Å². The number of ether oxygens (including phenoxy) is 1. The Hall–Kier alpha value is -2.34. The summed E-state index contributed by atoms with van der Waals surface area (Å²) in [5.74, 6) is 2.07. The van der Waals surface area contributed by atoms with E-state index in [2.05, 4.69) is 27.5 Å². The van der Waals surface area contributed by atoms with Crippen molar-refractivity contribution in [2.24, 2.45) is 11.8 Å². The molecule has 0 aromatic carbocycles. The standard InChI is InChI=1S/C21H26N4O2/c1-3-18(26)7-6-15-5-4-8-25-10-17(15)12-27-11-16-9-19-20(24-21(16)25)14(2)22-13-23-19/h3,9,13,15,17H,1,4-8,10-12H2,2H3. The number of nitrogens with zero attached hydrogens (tertiary/aromatic N) is 4. The van der Waals surface area contributed by atoms with Gasteiger partial charge in [0.2, 0.25) is 0 Å². The van der Waals surface area contributed by atoms with Gasteiger partial charge in [0.25, 0.3) is 0 Å². The molecule has 2 aromatic heterocycles. The number of hydrogen-bond acceptors (Lipinski definition) is 6. The van der Waals surface area contributed by atoms with Crippen LogP contribution in [0.5, 0.6) is 0 Å². The first-order valence-corrected chi connectivity index (χ1v) is 9.75. The summed E-state index contributed by atoms with van der Waals surface area (Å²) in [6.07, 6.45) is 6.76. The Morgan fingerprint density at radius 3 is 3.19 bits per heavy atom. The first-order chi connectivity index (χ1) is 13.2. The summed E-state index contributed by atoms with van der Waals surface area (Å²) in [6, 6.07) is 2.10. The number of rotatable bonds is 4. The average Bonchev–Trinajstić information content (AvgIpc) is 2.88. The smallest absolute Gasteiger partial charge is 0.155 e. The number of ketones is 1. The van der Waals surface area contributed by atoms with Gasteiger partial charge in [0.05, 0.1) is 24.4 Å². The highest BCUT2D eigenvalue weighted by molar-refractivity contribution is 5.88. The van der Waals surface area contributed by atoms with E-state index in [9.17, 15) is 4.79 Å². The second-order valence-corrected chi connectivity index (χ2v) is 7.63. The number of allylic oxidation sites excluding steroid dienone is 1. The zero-order chi connectivity index (χ0) is 18.8. The van der Waals surface area contributed by atoms with Crippen molar-refractivity contribution in [3.63, 3.8) is 0 Å². The molecule has 6 heteroatoms. The minimum absolute atomic E-state index is 0.136. The number of anilines is 1. The molecule has 4 heterocycles. The van der Waals surface area contributed by atoms with Gasteiger partial charge in [-0.15, -0.1) is 0 Å². The predicted molar refractivity (Wildman–Crippen MR) is 105 cm³/mol. The highest BCUT2D eigenvalue weighted by atomic mass is 16.5. The van der Waals surface area contributed by atoms with Gasteiger partial charge < -0.3 is 9.64 Å². The average molecular weight is 366 g/mol. The van der Waals surface area contributed by atoms with Crippen LogP contribution >= 0.6 is 0 Å². The van der Waals surface area contributed by atoms with Gasteiger partial charge in [-0.3, -0.25) is 4.79 Å². The normalized spacial score (nSPS) is 22.5. The number of pyridine rings is 1. The highest BCUT2D eigenvalue weighted by Gasteiger charge is 2.31. The van der Waals surface area contributed by atoms with Crippen LogP contribution < -0.4 is 4.90 Å². The van der Waals surface area contributed by atoms with Crippen LogP contribution in [0, 0.1) is 18.8 Å². The zero-order valence-corrected chi connectivity index (χ0v) is 15.9. The van der Waals surface area contributed by atoms with E-state index >= 15 is 0 Å². The van der Waals surface area contributed by atoms with E-state index in [1.807, 2.05) is 6.92 Å². The van der Waals surface area contributed by atoms with Crippen molar-refractivity contribution in [2.45, 2.75) is 39.2 Å². The lowest BCUT2D eigenvalue weighted by Gasteiger charge is -2.32. The molecule has 2 unspecified atom stereocenters. The maximum atomic E-state index is 11.7. The Morgan fingerprint density at radius 1 is 1.44 bits per heavy atom. The van der Waals surface area contributed by atoms with Crippen LogP contribution in [0.2, 0.25) is 0 Å². The monoisotopic (exact) mass is 366 g/mol. The molecule has 1 saturated heterocycles. The molecule has 6 nitrogen and oxygen atoms in total. The molecule has 2 aliphatic rings. The maximum absolute atomic E-state index is 11.7. The third kappa shape index (κ3) is 3.72. The molecule has 0 radical (unpaired) electrons. The second kappa shape index (κ2) is 7.72. The molecule has 4 rings (SSSR count). The van der Waals surface area contributed by atoms with Gasteiger partial charge in [0.15, 0.2) is 5.78 Å². The molecule has 2 atom stereocenters. The number of fused-ring (bicyclic) bond motifs is 5. The number of hydrogen-bond donors (Lipinski definition) is 0. The van der Waals surface area contributed by atoms with Crippen LogP contribution in [0.3, 0.4) is 0 Å². The molecular weight excluding hydrogens is 340 g/mol. The molecule has 0 spiro atoms. The van der Waals surface area contributed by atoms with Gasteiger partial charge in [0, 0.05) is 31.0 Å². The van der Waals surface area contributed by atoms with Gasteiger partial charge in [-0.05, 0) is 44.2 Å². The van der Waals surface area contributed by atoms with E-state index in [0.29, 0.717) is 24.9 Å². The number of carbonyl (C=O) groups excluding carboxylic acids is 1. The fourth-order valence-electron chi connectivity index (χ4n) is 4.33. The van der Waals surface area contributed by atoms with Crippen molar-refractivity contribution in [1.82, 2.24) is 15.0 Å². The Balaban J connectivity index is 1.63. The summed E-state index contributed by atoms with van der Waals surface area (Å²) in [7, 11) is 0. The SMILES string of the molecule is C=CC(=O)CCC1CCCN2CC1COCc1cc3ncnc(C)c3nc12. The van der Waals surface area contributed by atoms with E-state index in [1.54, 1.807) is 6.33 Å². The molecule has 2 aromatic rings. The van der Waals surface area contributed by atoms with Gasteiger partial charge in [-0.1, -0.05) is 6.58 Å². The van der Waals surface area contributed by atoms with E-state index in [-0.39, 0.29) is 5.78 Å². The predicted octanol–water partition coefficient (Wildman–Crippen LogP) is 3.23. The van der Waals surface area contributed by atoms with Gasteiger partial charge >= 0.3 is 0 Å². The van der Waals surface area contributed by atoms with Crippen molar-refractivity contribution in [3.8, 4) is 0 Å². The Kier molecular flexibility index (Phi) is 5.16. The summed E-state index contributed by atoms with van der Waals surface area (Å²) >= 11 is 0. The summed E-state index contributed by atoms with van der Waals surface area (Å²) < 4.78 is 6.07. The van der Waals surface area contributed by atoms with Crippen LogP contribution in [0.25, 0.3) is 11.0 Å². The van der Waals surface area contributed by atoms with Crippen molar-refractivity contribution >= 4 is 22.6 Å². The van der Waals surface area contributed by atoms with Crippen LogP contribution in [0.4, 0.5) is 5.82 Å². The third-order valence-corrected chi connectivity index (χ3v) is 5.85. The molecule has 2 bridgehead atoms. The van der Waals surface area contributed by atoms with Crippen molar-refractivity contribution < 1.29 is 9.53 Å². The zero-order valence-electron chi connectivity index (χ0n) is 15.9. The summed E-state index contributed by atoms with van der Waals surface area (Å²) in [6.45, 7) is 8.74. The first kappa shape index (κ1) is 18.0. The summed E-state index contributed by atoms with van der Waals surface area (Å²) in [5.41, 5.74) is 3.74. The Morgan fingerprint density at radius 2 is 2.33 bits per heavy atom. The molecule has 1 fully saturated rings. The van der Waals surface area contributed by atoms with Crippen LogP contribution in [-0.4, -0.2) is 40.4 Å². The molecule has 2 aliphatic heterocycles. The Labute approximate surface area is 159 Å². The molecule has 27 heavy (non-hydrogen) atoms. The fraction of sp³-hybridized carbons (Fsp3) is 0.524. The van der Waals surface area contributed by atoms with Gasteiger partial charge in [-0.2, -0.15) is 0 Å². The molecule has 0 aliphatic carbocycles. The molecular formula is C21H26N4O2. The third-order valence-electron chi connectivity index (χ3n) is 5.85. The van der Waals surface area contributed by atoms with Crippen molar-refractivity contribution in [2.75, 3.05) is 24.6 Å². The minimum Gasteiger partial charge on any atom is -0.376 e.